The number of likely N-dealkylation sites (tertiary alicyclic amines) is 1. The van der Waals surface area contributed by atoms with Crippen LogP contribution in [0.2, 0.25) is 0 Å². The van der Waals surface area contributed by atoms with Crippen LogP contribution in [0.1, 0.15) is 70.3 Å². The van der Waals surface area contributed by atoms with Crippen molar-refractivity contribution in [2.45, 2.75) is 64.3 Å². The van der Waals surface area contributed by atoms with E-state index in [-0.39, 0.29) is 11.6 Å². The Morgan fingerprint density at radius 2 is 1.57 bits per heavy atom. The molecule has 0 bridgehead atoms. The van der Waals surface area contributed by atoms with Crippen LogP contribution >= 0.6 is 0 Å². The number of hydrogen-bond acceptors (Lipinski definition) is 3. The van der Waals surface area contributed by atoms with Gasteiger partial charge in [0, 0.05) is 31.6 Å². The lowest BCUT2D eigenvalue weighted by molar-refractivity contribution is -0.137. The predicted octanol–water partition coefficient (Wildman–Crippen LogP) is 7.67. The van der Waals surface area contributed by atoms with Crippen LogP contribution in [0.5, 0.6) is 0 Å². The van der Waals surface area contributed by atoms with E-state index in [4.69, 9.17) is 0 Å². The zero-order valence-electron chi connectivity index (χ0n) is 22.7. The van der Waals surface area contributed by atoms with E-state index < -0.39 is 11.7 Å². The molecule has 0 atom stereocenters. The van der Waals surface area contributed by atoms with Gasteiger partial charge in [-0.05, 0) is 104 Å². The van der Waals surface area contributed by atoms with Crippen molar-refractivity contribution >= 4 is 5.78 Å². The van der Waals surface area contributed by atoms with Gasteiger partial charge in [-0.2, -0.15) is 13.2 Å². The Morgan fingerprint density at radius 1 is 0.825 bits per heavy atom. The first-order valence-corrected chi connectivity index (χ1v) is 14.2. The standard InChI is InChI=1S/C33H36F4N2O/c34-31-11-6-25(7-12-31)21-39-16-2-4-27-9-10-28(20-29(27)23-39)32(40)13-8-24-14-17-38(18-15-24)22-26-3-1-5-30(19-26)33(35,36)37/h1,3,5-7,9-12,19-20,24H,2,4,8,13-18,21-23H2. The first kappa shape index (κ1) is 28.5. The number of carbonyl (C=O) groups is 1. The molecule has 5 rings (SSSR count). The number of Topliss-reactive ketones (excluding diaryl/α,β-unsaturated/α-hetero) is 1. The lowest BCUT2D eigenvalue weighted by Crippen LogP contribution is -2.33. The Balaban J connectivity index is 1.11. The van der Waals surface area contributed by atoms with E-state index in [2.05, 4.69) is 21.9 Å². The molecule has 0 amide bonds. The van der Waals surface area contributed by atoms with Crippen molar-refractivity contribution < 1.29 is 22.4 Å². The number of nitrogens with zero attached hydrogens (tertiary/aromatic N) is 2. The highest BCUT2D eigenvalue weighted by Crippen LogP contribution is 2.31. The zero-order chi connectivity index (χ0) is 28.1. The minimum absolute atomic E-state index is 0.170. The minimum atomic E-state index is -4.32. The Morgan fingerprint density at radius 3 is 2.33 bits per heavy atom. The van der Waals surface area contributed by atoms with Crippen molar-refractivity contribution in [1.82, 2.24) is 9.80 Å². The number of benzene rings is 3. The van der Waals surface area contributed by atoms with Crippen molar-refractivity contribution in [2.75, 3.05) is 19.6 Å². The van der Waals surface area contributed by atoms with Crippen LogP contribution in [0.3, 0.4) is 0 Å². The molecule has 3 aromatic carbocycles. The molecular weight excluding hydrogens is 516 g/mol. The second-order valence-electron chi connectivity index (χ2n) is 11.3. The minimum Gasteiger partial charge on any atom is -0.299 e. The van der Waals surface area contributed by atoms with Crippen LogP contribution in [0, 0.1) is 11.7 Å². The Bertz CT molecular complexity index is 1300. The molecule has 0 unspecified atom stereocenters. The lowest BCUT2D eigenvalue weighted by atomic mass is 9.89. The highest BCUT2D eigenvalue weighted by Gasteiger charge is 2.30. The van der Waals surface area contributed by atoms with Crippen molar-refractivity contribution in [3.8, 4) is 0 Å². The molecule has 3 aromatic rings. The molecule has 40 heavy (non-hydrogen) atoms. The highest BCUT2D eigenvalue weighted by molar-refractivity contribution is 5.96. The molecule has 1 fully saturated rings. The quantitative estimate of drug-likeness (QED) is 0.212. The second-order valence-corrected chi connectivity index (χ2v) is 11.3. The number of piperidine rings is 1. The molecule has 1 saturated heterocycles. The fourth-order valence-electron chi connectivity index (χ4n) is 6.00. The molecule has 0 saturated carbocycles. The number of halogens is 4. The second kappa shape index (κ2) is 12.6. The average molecular weight is 553 g/mol. The van der Waals surface area contributed by atoms with Crippen molar-refractivity contribution in [3.63, 3.8) is 0 Å². The summed E-state index contributed by atoms with van der Waals surface area (Å²) < 4.78 is 52.4. The zero-order valence-corrected chi connectivity index (χ0v) is 22.7. The summed E-state index contributed by atoms with van der Waals surface area (Å²) in [5.74, 6) is 0.395. The molecule has 0 N–H and O–H groups in total. The summed E-state index contributed by atoms with van der Waals surface area (Å²) in [6.07, 6.45) is 0.969. The van der Waals surface area contributed by atoms with Crippen molar-refractivity contribution in [3.05, 3.63) is 106 Å². The number of alkyl halides is 3. The van der Waals surface area contributed by atoms with Crippen LogP contribution in [-0.2, 0) is 32.2 Å². The predicted molar refractivity (Wildman–Crippen MR) is 148 cm³/mol. The maximum absolute atomic E-state index is 13.3. The van der Waals surface area contributed by atoms with Gasteiger partial charge < -0.3 is 0 Å². The first-order chi connectivity index (χ1) is 19.2. The average Bonchev–Trinajstić information content (AvgIpc) is 3.14. The van der Waals surface area contributed by atoms with Gasteiger partial charge in [-0.3, -0.25) is 14.6 Å². The van der Waals surface area contributed by atoms with Crippen LogP contribution in [0.4, 0.5) is 17.6 Å². The summed E-state index contributed by atoms with van der Waals surface area (Å²) in [4.78, 5) is 17.7. The Kier molecular flexibility index (Phi) is 9.01. The van der Waals surface area contributed by atoms with Gasteiger partial charge in [0.05, 0.1) is 5.56 Å². The molecule has 2 aliphatic rings. The largest absolute Gasteiger partial charge is 0.416 e. The number of fused-ring (bicyclic) bond motifs is 1. The van der Waals surface area contributed by atoms with Gasteiger partial charge in [0.15, 0.2) is 5.78 Å². The molecule has 2 heterocycles. The van der Waals surface area contributed by atoms with E-state index in [1.54, 1.807) is 6.07 Å². The van der Waals surface area contributed by atoms with E-state index in [0.29, 0.717) is 24.4 Å². The van der Waals surface area contributed by atoms with Crippen molar-refractivity contribution in [1.29, 1.82) is 0 Å². The van der Waals surface area contributed by atoms with Gasteiger partial charge in [0.25, 0.3) is 0 Å². The molecule has 212 valence electrons. The molecule has 7 heteroatoms. The topological polar surface area (TPSA) is 23.6 Å². The molecule has 3 nitrogen and oxygen atoms in total. The van der Waals surface area contributed by atoms with Crippen LogP contribution < -0.4 is 0 Å². The van der Waals surface area contributed by atoms with Gasteiger partial charge in [-0.25, -0.2) is 4.39 Å². The van der Waals surface area contributed by atoms with Crippen LogP contribution in [0.15, 0.2) is 66.7 Å². The third-order valence-corrected chi connectivity index (χ3v) is 8.31. The van der Waals surface area contributed by atoms with E-state index in [1.165, 1.54) is 35.4 Å². The van der Waals surface area contributed by atoms with Gasteiger partial charge >= 0.3 is 6.18 Å². The van der Waals surface area contributed by atoms with E-state index in [9.17, 15) is 22.4 Å². The monoisotopic (exact) mass is 552 g/mol. The first-order valence-electron chi connectivity index (χ1n) is 14.2. The molecular formula is C33H36F4N2O. The summed E-state index contributed by atoms with van der Waals surface area (Å²) in [7, 11) is 0. The summed E-state index contributed by atoms with van der Waals surface area (Å²) in [5, 5.41) is 0. The highest BCUT2D eigenvalue weighted by atomic mass is 19.4. The molecule has 0 radical (unpaired) electrons. The fourth-order valence-corrected chi connectivity index (χ4v) is 6.00. The Hall–Kier alpha value is -3.03. The summed E-state index contributed by atoms with van der Waals surface area (Å²) >= 11 is 0. The summed E-state index contributed by atoms with van der Waals surface area (Å²) in [5.41, 5.74) is 4.43. The van der Waals surface area contributed by atoms with E-state index in [0.717, 1.165) is 82.0 Å². The van der Waals surface area contributed by atoms with Gasteiger partial charge in [0.1, 0.15) is 5.82 Å². The van der Waals surface area contributed by atoms with Gasteiger partial charge in [0.2, 0.25) is 0 Å². The summed E-state index contributed by atoms with van der Waals surface area (Å²) in [6.45, 7) is 4.67. The molecule has 0 aliphatic carbocycles. The SMILES string of the molecule is O=C(CCC1CCN(Cc2cccc(C(F)(F)F)c2)CC1)c1ccc2c(c1)CN(Cc1ccc(F)cc1)CCC2. The molecule has 0 spiro atoms. The number of hydrogen-bond donors (Lipinski definition) is 0. The van der Waals surface area contributed by atoms with E-state index >= 15 is 0 Å². The number of ketones is 1. The lowest BCUT2D eigenvalue weighted by Gasteiger charge is -2.32. The smallest absolute Gasteiger partial charge is 0.299 e. The van der Waals surface area contributed by atoms with Gasteiger partial charge in [-0.1, -0.05) is 42.5 Å². The third-order valence-electron chi connectivity index (χ3n) is 8.31. The number of carbonyl (C=O) groups excluding carboxylic acids is 1. The Labute approximate surface area is 233 Å². The third kappa shape index (κ3) is 7.58. The van der Waals surface area contributed by atoms with E-state index in [1.807, 2.05) is 18.2 Å². The van der Waals surface area contributed by atoms with Crippen molar-refractivity contribution in [2.24, 2.45) is 5.92 Å². The molecule has 2 aliphatic heterocycles. The molecule has 0 aromatic heterocycles. The maximum Gasteiger partial charge on any atom is 0.416 e. The van der Waals surface area contributed by atoms with Gasteiger partial charge in [-0.15, -0.1) is 0 Å². The number of rotatable bonds is 8. The summed E-state index contributed by atoms with van der Waals surface area (Å²) in [6, 6.07) is 18.4. The normalized spacial score (nSPS) is 17.4. The van der Waals surface area contributed by atoms with Crippen LogP contribution in [0.25, 0.3) is 0 Å². The number of aryl methyl sites for hydroxylation is 1. The fraction of sp³-hybridized carbons (Fsp3) is 0.424. The maximum atomic E-state index is 13.3. The van der Waals surface area contributed by atoms with Crippen LogP contribution in [-0.4, -0.2) is 35.2 Å².